The molecule has 10 fully saturated rings. The van der Waals surface area contributed by atoms with Crippen molar-refractivity contribution in [1.82, 2.24) is 28.3 Å². The summed E-state index contributed by atoms with van der Waals surface area (Å²) in [5, 5.41) is 23.2. The molecule has 4 aromatic rings. The fourth-order valence-electron chi connectivity index (χ4n) is 16.5. The molecule has 6 aliphatic carbocycles. The zero-order chi connectivity index (χ0) is 48.8. The average molecular weight is 1090 g/mol. The van der Waals surface area contributed by atoms with Crippen LogP contribution in [0.2, 0.25) is 0 Å². The van der Waals surface area contributed by atoms with Crippen molar-refractivity contribution in [2.24, 2.45) is 71.0 Å². The van der Waals surface area contributed by atoms with Crippen LogP contribution in [0.1, 0.15) is 77.0 Å². The number of benzene rings is 2. The molecule has 0 spiro atoms. The van der Waals surface area contributed by atoms with Gasteiger partial charge in [0.25, 0.3) is 0 Å². The Balaban J connectivity index is 0.000000155. The number of hydrogen-bond donors (Lipinski definition) is 2. The number of nitrogens with zero attached hydrogens (tertiary/aromatic N) is 8. The summed E-state index contributed by atoms with van der Waals surface area (Å²) in [6, 6.07) is 17.0. The van der Waals surface area contributed by atoms with Gasteiger partial charge in [0.1, 0.15) is 11.6 Å². The van der Waals surface area contributed by atoms with E-state index in [-0.39, 0.29) is 95.8 Å². The van der Waals surface area contributed by atoms with Crippen molar-refractivity contribution in [2.45, 2.75) is 89.3 Å². The lowest BCUT2D eigenvalue weighted by molar-refractivity contribution is -0.143. The average Bonchev–Trinajstić information content (AvgIpc) is 4.30. The lowest BCUT2D eigenvalue weighted by atomic mass is 9.78. The van der Waals surface area contributed by atoms with Gasteiger partial charge >= 0.3 is 0 Å². The Morgan fingerprint density at radius 3 is 1.20 bits per heavy atom. The van der Waals surface area contributed by atoms with Gasteiger partial charge in [0.2, 0.25) is 23.6 Å². The maximum Gasteiger partial charge on any atom is 0.233 e. The van der Waals surface area contributed by atoms with Crippen molar-refractivity contribution in [3.63, 3.8) is 0 Å². The number of aromatic nitrogens is 2. The molecule has 4 amide bonds. The van der Waals surface area contributed by atoms with Crippen molar-refractivity contribution in [3.05, 3.63) is 48.5 Å². The number of rotatable bonds is 10. The first-order chi connectivity index (χ1) is 35.2. The minimum absolute atomic E-state index is 0. The lowest BCUT2D eigenvalue weighted by Crippen LogP contribution is -2.49. The molecule has 2 aromatic carbocycles. The number of fused-ring (bicyclic) bond motifs is 12. The third kappa shape index (κ3) is 9.38. The number of hydrogen-bond acceptors (Lipinski definition) is 14. The van der Waals surface area contributed by atoms with Crippen molar-refractivity contribution >= 4 is 103 Å². The van der Waals surface area contributed by atoms with E-state index in [1.165, 1.54) is 58.7 Å². The zero-order valence-electron chi connectivity index (χ0n) is 42.4. The summed E-state index contributed by atoms with van der Waals surface area (Å²) < 4.78 is 12.0. The molecule has 2 aromatic heterocycles. The van der Waals surface area contributed by atoms with Crippen LogP contribution in [0.4, 0.5) is 11.6 Å². The van der Waals surface area contributed by atoms with E-state index in [0.717, 1.165) is 103 Å². The molecule has 18 heteroatoms. The summed E-state index contributed by atoms with van der Waals surface area (Å²) in [6.45, 7) is 11.4. The fourth-order valence-corrected chi connectivity index (χ4v) is 18.1. The van der Waals surface area contributed by atoms with Gasteiger partial charge in [0, 0.05) is 89.3 Å². The maximum absolute atomic E-state index is 13.3. The molecule has 14 rings (SSSR count). The Bertz CT molecular complexity index is 2510. The summed E-state index contributed by atoms with van der Waals surface area (Å²) in [4.78, 5) is 66.5. The first-order valence-electron chi connectivity index (χ1n) is 27.9. The highest BCUT2D eigenvalue weighted by Gasteiger charge is 2.65. The maximum atomic E-state index is 13.3. The van der Waals surface area contributed by atoms with Crippen LogP contribution < -0.4 is 9.80 Å². The van der Waals surface area contributed by atoms with Crippen LogP contribution in [0.3, 0.4) is 0 Å². The zero-order valence-corrected chi connectivity index (χ0v) is 45.7. The Labute approximate surface area is 455 Å². The van der Waals surface area contributed by atoms with E-state index in [1.807, 2.05) is 0 Å². The number of amides is 4. The minimum Gasteiger partial charge on any atom is -0.393 e. The highest BCUT2D eigenvalue weighted by atomic mass is 35.5. The summed E-state index contributed by atoms with van der Waals surface area (Å²) in [6.07, 6.45) is 11.8. The van der Waals surface area contributed by atoms with Gasteiger partial charge < -0.3 is 20.0 Å². The number of carbonyl (C=O) groups excluding carboxylic acids is 4. The molecule has 0 radical (unpaired) electrons. The van der Waals surface area contributed by atoms with Gasteiger partial charge in [-0.05, 0) is 146 Å². The van der Waals surface area contributed by atoms with E-state index in [4.69, 9.17) is 8.75 Å². The van der Waals surface area contributed by atoms with Gasteiger partial charge in [0.15, 0.2) is 0 Å². The molecule has 6 heterocycles. The predicted molar refractivity (Wildman–Crippen MR) is 294 cm³/mol. The summed E-state index contributed by atoms with van der Waals surface area (Å²) in [5.74, 6) is 3.94. The van der Waals surface area contributed by atoms with E-state index in [0.29, 0.717) is 49.6 Å². The lowest BCUT2D eigenvalue weighted by Gasteiger charge is -2.40. The van der Waals surface area contributed by atoms with Crippen molar-refractivity contribution in [1.29, 1.82) is 0 Å². The predicted octanol–water partition coefficient (Wildman–Crippen LogP) is 7.30. The Morgan fingerprint density at radius 1 is 0.459 bits per heavy atom. The minimum atomic E-state index is -0.392. The van der Waals surface area contributed by atoms with E-state index >= 15 is 0 Å². The van der Waals surface area contributed by atoms with Crippen LogP contribution in [0.25, 0.3) is 20.2 Å². The molecule has 4 aliphatic heterocycles. The van der Waals surface area contributed by atoms with Crippen molar-refractivity contribution in [2.75, 3.05) is 88.3 Å². The molecule has 14 atom stereocenters. The monoisotopic (exact) mass is 1090 g/mol. The first-order valence-corrected chi connectivity index (χ1v) is 29.4. The quantitative estimate of drug-likeness (QED) is 0.153. The number of anilines is 2. The molecule has 4 bridgehead atoms. The second kappa shape index (κ2) is 21.7. The Morgan fingerprint density at radius 2 is 0.811 bits per heavy atom. The Hall–Kier alpha value is -3.48. The summed E-state index contributed by atoms with van der Waals surface area (Å²) in [5.41, 5.74) is 0. The normalized spacial score (nSPS) is 35.9. The molecule has 14 nitrogen and oxygen atoms in total. The van der Waals surface area contributed by atoms with E-state index in [9.17, 15) is 29.4 Å². The number of imide groups is 2. The van der Waals surface area contributed by atoms with E-state index in [2.05, 4.69) is 68.1 Å². The Kier molecular flexibility index (Phi) is 15.4. The van der Waals surface area contributed by atoms with E-state index < -0.39 is 12.2 Å². The van der Waals surface area contributed by atoms with Gasteiger partial charge in [-0.1, -0.05) is 49.9 Å². The van der Waals surface area contributed by atoms with E-state index in [1.54, 1.807) is 32.9 Å². The number of aliphatic hydroxyl groups excluding tert-OH is 2. The van der Waals surface area contributed by atoms with Crippen LogP contribution in [-0.2, 0) is 19.2 Å². The molecule has 74 heavy (non-hydrogen) atoms. The molecule has 4 saturated heterocycles. The standard InChI is InChI=1S/2C28H36N4O3S.2ClH/c2*33-22-14-19-13-21(22)25-24(19)27(34)32(28(25)35)16-18-6-2-1-5-17(18)15-30-9-11-31(12-10-30)26-20-7-3-4-8-23(20)36-29-26;;/h2*3-4,7-8,17-19,21-22,24-25,33H,1-2,5-6,9-16H2;2*1H/t17-,18-,19+,21-,22+,24-,25+;17-,18-,19-,21+,22-,24+,25-;;/m00../s1. The summed E-state index contributed by atoms with van der Waals surface area (Å²) in [7, 11) is 0. The topological polar surface area (TPSA) is 154 Å². The SMILES string of the molecule is Cl.Cl.O=C1[C@@H]2[C@H]3C[C@@H]([C@@H]2C(=O)N1C[C@@H]1CCCC[C@H]1CN1CCN(c2nsc4ccccc24)CC1)[C@@H](O)C3.O=C1[C@@H]2[C@H]3C[C@H](C[C@H]3O)[C@@H]2C(=O)N1C[C@@H]1CCCC[C@H]1CN1CCN(c2nsc3ccccc23)CC1. The molecule has 2 N–H and O–H groups in total. The first kappa shape index (κ1) is 52.6. The van der Waals surface area contributed by atoms with Crippen LogP contribution in [0.15, 0.2) is 48.5 Å². The van der Waals surface area contributed by atoms with Gasteiger partial charge in [-0.3, -0.25) is 38.8 Å². The molecule has 10 aliphatic rings. The van der Waals surface area contributed by atoms with Crippen molar-refractivity contribution < 1.29 is 29.4 Å². The smallest absolute Gasteiger partial charge is 0.233 e. The van der Waals surface area contributed by atoms with Crippen LogP contribution in [0, 0.1) is 71.0 Å². The second-order valence-electron chi connectivity index (χ2n) is 23.8. The van der Waals surface area contributed by atoms with Gasteiger partial charge in [-0.25, -0.2) is 0 Å². The van der Waals surface area contributed by atoms with Gasteiger partial charge in [-0.15, -0.1) is 24.8 Å². The van der Waals surface area contributed by atoms with Crippen LogP contribution >= 0.6 is 47.9 Å². The fraction of sp³-hybridized carbons (Fsp3) is 0.679. The number of piperazine rings is 2. The molecule has 6 saturated carbocycles. The number of halogens is 2. The number of likely N-dealkylation sites (tertiary alicyclic amines) is 2. The van der Waals surface area contributed by atoms with Gasteiger partial charge in [-0.2, -0.15) is 8.75 Å². The molecule has 400 valence electrons. The van der Waals surface area contributed by atoms with Crippen molar-refractivity contribution in [3.8, 4) is 0 Å². The number of carbonyl (C=O) groups is 4. The van der Waals surface area contributed by atoms with Crippen LogP contribution in [-0.4, -0.2) is 153 Å². The third-order valence-electron chi connectivity index (χ3n) is 20.2. The number of aliphatic hydroxyl groups is 2. The molecular formula is C56H74Cl2N8O6S2. The largest absolute Gasteiger partial charge is 0.393 e. The molecule has 0 unspecified atom stereocenters. The van der Waals surface area contributed by atoms with Gasteiger partial charge in [0.05, 0.1) is 45.3 Å². The highest BCUT2D eigenvalue weighted by molar-refractivity contribution is 7.14. The third-order valence-corrected chi connectivity index (χ3v) is 21.8. The van der Waals surface area contributed by atoms with Crippen LogP contribution in [0.5, 0.6) is 0 Å². The molecular weight excluding hydrogens is 1020 g/mol. The second-order valence-corrected chi connectivity index (χ2v) is 25.4. The highest BCUT2D eigenvalue weighted by Crippen LogP contribution is 2.58. The summed E-state index contributed by atoms with van der Waals surface area (Å²) >= 11 is 3.17.